The summed E-state index contributed by atoms with van der Waals surface area (Å²) in [6.45, 7) is 0.501. The number of likely N-dealkylation sites (N-methyl/N-ethyl adjacent to an activating group) is 1. The van der Waals surface area contributed by atoms with Gasteiger partial charge in [-0.3, -0.25) is 9.59 Å². The van der Waals surface area contributed by atoms with Crippen LogP contribution in [-0.4, -0.2) is 42.3 Å². The normalized spacial score (nSPS) is 12.2. The summed E-state index contributed by atoms with van der Waals surface area (Å²) in [6, 6.07) is 10.9. The summed E-state index contributed by atoms with van der Waals surface area (Å²) in [7, 11) is 3.73. The molecule has 1 unspecified atom stereocenters. The molecule has 3 N–H and O–H groups in total. The molecule has 2 aromatic carbocycles. The van der Waals surface area contributed by atoms with E-state index < -0.39 is 23.4 Å². The summed E-state index contributed by atoms with van der Waals surface area (Å²) in [4.78, 5) is 29.4. The molecule has 146 valence electrons. The molecule has 3 aromatic rings. The van der Waals surface area contributed by atoms with Gasteiger partial charge in [-0.1, -0.05) is 30.3 Å². The van der Waals surface area contributed by atoms with Gasteiger partial charge in [0.25, 0.3) is 0 Å². The van der Waals surface area contributed by atoms with Gasteiger partial charge in [0, 0.05) is 24.2 Å². The molecular weight excluding hydrogens is 366 g/mol. The van der Waals surface area contributed by atoms with E-state index in [0.29, 0.717) is 12.1 Å². The van der Waals surface area contributed by atoms with Crippen molar-refractivity contribution < 1.29 is 18.4 Å². The molecule has 6 nitrogen and oxygen atoms in total. The number of carbonyl (C=O) groups is 2. The van der Waals surface area contributed by atoms with Crippen molar-refractivity contribution >= 4 is 28.4 Å². The topological polar surface area (TPSA) is 77.2 Å². The van der Waals surface area contributed by atoms with Gasteiger partial charge < -0.3 is 20.5 Å². The Labute approximate surface area is 160 Å². The average Bonchev–Trinajstić information content (AvgIpc) is 3.03. The van der Waals surface area contributed by atoms with Crippen LogP contribution in [0, 0.1) is 11.6 Å². The van der Waals surface area contributed by atoms with Crippen LogP contribution in [0.2, 0.25) is 0 Å². The number of benzene rings is 2. The van der Waals surface area contributed by atoms with E-state index in [9.17, 15) is 18.4 Å². The zero-order chi connectivity index (χ0) is 20.3. The smallest absolute Gasteiger partial charge is 0.313 e. The Kier molecular flexibility index (Phi) is 5.70. The van der Waals surface area contributed by atoms with Gasteiger partial charge in [-0.25, -0.2) is 8.78 Å². The molecule has 0 saturated carbocycles. The van der Waals surface area contributed by atoms with Crippen molar-refractivity contribution in [3.8, 4) is 0 Å². The fraction of sp³-hybridized carbons (Fsp3) is 0.200. The van der Waals surface area contributed by atoms with Gasteiger partial charge in [-0.2, -0.15) is 0 Å². The molecule has 2 amide bonds. The lowest BCUT2D eigenvalue weighted by molar-refractivity contribution is -0.136. The van der Waals surface area contributed by atoms with Crippen LogP contribution in [0.1, 0.15) is 11.6 Å². The first-order chi connectivity index (χ1) is 13.3. The van der Waals surface area contributed by atoms with Gasteiger partial charge in [0.2, 0.25) is 0 Å². The predicted molar refractivity (Wildman–Crippen MR) is 103 cm³/mol. The van der Waals surface area contributed by atoms with Crippen LogP contribution in [0.25, 0.3) is 10.9 Å². The van der Waals surface area contributed by atoms with E-state index >= 15 is 0 Å². The largest absolute Gasteiger partial charge is 0.359 e. The van der Waals surface area contributed by atoms with Crippen LogP contribution in [0.3, 0.4) is 0 Å². The Hall–Kier alpha value is -3.26. The SMILES string of the molecule is CN(C)CC(NC(=O)C(=O)Nc1c[nH]c2cc(F)c(F)cc12)c1ccccc1. The van der Waals surface area contributed by atoms with E-state index in [1.165, 1.54) is 6.20 Å². The van der Waals surface area contributed by atoms with E-state index in [1.807, 2.05) is 49.3 Å². The third-order valence-corrected chi connectivity index (χ3v) is 4.23. The van der Waals surface area contributed by atoms with E-state index in [0.717, 1.165) is 17.7 Å². The highest BCUT2D eigenvalue weighted by atomic mass is 19.2. The van der Waals surface area contributed by atoms with Gasteiger partial charge in [0.15, 0.2) is 11.6 Å². The highest BCUT2D eigenvalue weighted by Gasteiger charge is 2.21. The lowest BCUT2D eigenvalue weighted by Gasteiger charge is -2.22. The van der Waals surface area contributed by atoms with Gasteiger partial charge in [-0.15, -0.1) is 0 Å². The molecule has 0 saturated heterocycles. The van der Waals surface area contributed by atoms with Gasteiger partial charge in [0.05, 0.1) is 17.2 Å². The fourth-order valence-electron chi connectivity index (χ4n) is 2.91. The third kappa shape index (κ3) is 4.34. The van der Waals surface area contributed by atoms with Crippen LogP contribution in [-0.2, 0) is 9.59 Å². The van der Waals surface area contributed by atoms with Crippen molar-refractivity contribution in [2.24, 2.45) is 0 Å². The van der Waals surface area contributed by atoms with Crippen molar-refractivity contribution in [1.29, 1.82) is 0 Å². The van der Waals surface area contributed by atoms with E-state index in [-0.39, 0.29) is 17.1 Å². The predicted octanol–water partition coefficient (Wildman–Crippen LogP) is 2.80. The van der Waals surface area contributed by atoms with Crippen LogP contribution in [0.15, 0.2) is 48.7 Å². The molecule has 0 radical (unpaired) electrons. The van der Waals surface area contributed by atoms with Crippen molar-refractivity contribution in [3.63, 3.8) is 0 Å². The lowest BCUT2D eigenvalue weighted by Crippen LogP contribution is -2.41. The van der Waals surface area contributed by atoms with Gasteiger partial charge in [-0.05, 0) is 25.7 Å². The van der Waals surface area contributed by atoms with Gasteiger partial charge in [0.1, 0.15) is 0 Å². The van der Waals surface area contributed by atoms with Crippen molar-refractivity contribution in [2.45, 2.75) is 6.04 Å². The second-order valence-corrected chi connectivity index (χ2v) is 6.67. The van der Waals surface area contributed by atoms with Crippen LogP contribution >= 0.6 is 0 Å². The lowest BCUT2D eigenvalue weighted by atomic mass is 10.1. The molecule has 28 heavy (non-hydrogen) atoms. The van der Waals surface area contributed by atoms with E-state index in [1.54, 1.807) is 0 Å². The minimum absolute atomic E-state index is 0.193. The minimum atomic E-state index is -1.04. The number of fused-ring (bicyclic) bond motifs is 1. The number of amides is 2. The molecule has 0 bridgehead atoms. The molecule has 1 atom stereocenters. The Morgan fingerprint density at radius 2 is 1.75 bits per heavy atom. The minimum Gasteiger partial charge on any atom is -0.359 e. The first-order valence-corrected chi connectivity index (χ1v) is 8.63. The average molecular weight is 386 g/mol. The van der Waals surface area contributed by atoms with Crippen molar-refractivity contribution in [1.82, 2.24) is 15.2 Å². The maximum atomic E-state index is 13.5. The number of hydrogen-bond acceptors (Lipinski definition) is 3. The molecule has 1 aromatic heterocycles. The monoisotopic (exact) mass is 386 g/mol. The molecule has 0 spiro atoms. The zero-order valence-electron chi connectivity index (χ0n) is 15.4. The third-order valence-electron chi connectivity index (χ3n) is 4.23. The molecule has 3 rings (SSSR count). The Morgan fingerprint density at radius 3 is 2.43 bits per heavy atom. The number of carbonyl (C=O) groups excluding carboxylic acids is 2. The number of nitrogens with zero attached hydrogens (tertiary/aromatic N) is 1. The zero-order valence-corrected chi connectivity index (χ0v) is 15.4. The second-order valence-electron chi connectivity index (χ2n) is 6.67. The van der Waals surface area contributed by atoms with Crippen molar-refractivity contribution in [3.05, 3.63) is 65.9 Å². The van der Waals surface area contributed by atoms with Crippen LogP contribution in [0.4, 0.5) is 14.5 Å². The Bertz CT molecular complexity index is 1000. The fourth-order valence-corrected chi connectivity index (χ4v) is 2.91. The standard InChI is InChI=1S/C20H20F2N4O2/c1-26(2)11-18(12-6-4-3-5-7-12)25-20(28)19(27)24-17-10-23-16-9-15(22)14(21)8-13(16)17/h3-10,18,23H,11H2,1-2H3,(H,24,27)(H,25,28). The Morgan fingerprint density at radius 1 is 1.07 bits per heavy atom. The number of aromatic nitrogens is 1. The molecule has 0 aliphatic carbocycles. The number of hydrogen-bond donors (Lipinski definition) is 3. The summed E-state index contributed by atoms with van der Waals surface area (Å²) in [5.41, 5.74) is 1.37. The molecule has 0 aliphatic rings. The number of nitrogens with one attached hydrogen (secondary N) is 3. The van der Waals surface area contributed by atoms with E-state index in [4.69, 9.17) is 0 Å². The summed E-state index contributed by atoms with van der Waals surface area (Å²) in [6.07, 6.45) is 1.38. The second kappa shape index (κ2) is 8.18. The molecule has 0 aliphatic heterocycles. The summed E-state index contributed by atoms with van der Waals surface area (Å²) in [5.74, 6) is -3.76. The maximum Gasteiger partial charge on any atom is 0.313 e. The number of halogens is 2. The highest BCUT2D eigenvalue weighted by molar-refractivity contribution is 6.40. The molecular formula is C20H20F2N4O2. The quantitative estimate of drug-likeness (QED) is 0.590. The van der Waals surface area contributed by atoms with Crippen LogP contribution in [0.5, 0.6) is 0 Å². The van der Waals surface area contributed by atoms with E-state index in [2.05, 4.69) is 15.6 Å². The van der Waals surface area contributed by atoms with Crippen LogP contribution < -0.4 is 10.6 Å². The molecule has 0 fully saturated rings. The number of aromatic amines is 1. The Balaban J connectivity index is 1.75. The highest BCUT2D eigenvalue weighted by Crippen LogP contribution is 2.25. The van der Waals surface area contributed by atoms with Crippen molar-refractivity contribution in [2.75, 3.05) is 26.0 Å². The first-order valence-electron chi connectivity index (χ1n) is 8.63. The number of H-pyrrole nitrogens is 1. The maximum absolute atomic E-state index is 13.5. The van der Waals surface area contributed by atoms with Gasteiger partial charge >= 0.3 is 11.8 Å². The molecule has 8 heteroatoms. The number of rotatable bonds is 5. The molecule has 1 heterocycles. The summed E-state index contributed by atoms with van der Waals surface area (Å²) >= 11 is 0. The summed E-state index contributed by atoms with van der Waals surface area (Å²) < 4.78 is 26.8. The first kappa shape index (κ1) is 19.5. The summed E-state index contributed by atoms with van der Waals surface area (Å²) in [5, 5.41) is 5.42. The number of anilines is 1.